The van der Waals surface area contributed by atoms with Crippen LogP contribution in [0.5, 0.6) is 5.75 Å². The van der Waals surface area contributed by atoms with Gasteiger partial charge in [0.1, 0.15) is 5.75 Å². The number of aryl methyl sites for hydroxylation is 1. The molecule has 90 valence electrons. The molecule has 0 aliphatic rings. The predicted molar refractivity (Wildman–Crippen MR) is 81.7 cm³/mol. The van der Waals surface area contributed by atoms with Gasteiger partial charge in [0.15, 0.2) is 0 Å². The van der Waals surface area contributed by atoms with Crippen LogP contribution in [0.25, 0.3) is 0 Å². The molecule has 0 atom stereocenters. The molecule has 0 unspecified atom stereocenters. The summed E-state index contributed by atoms with van der Waals surface area (Å²) < 4.78 is 7.55. The van der Waals surface area contributed by atoms with Gasteiger partial charge in [-0.05, 0) is 71.4 Å². The van der Waals surface area contributed by atoms with Crippen LogP contribution in [0.1, 0.15) is 26.3 Å². The number of benzene rings is 1. The van der Waals surface area contributed by atoms with Crippen LogP contribution in [0, 0.1) is 10.5 Å². The van der Waals surface area contributed by atoms with Crippen LogP contribution < -0.4 is 4.43 Å². The minimum absolute atomic E-state index is 0.252. The topological polar surface area (TPSA) is 9.23 Å². The molecule has 0 saturated heterocycles. The maximum atomic E-state index is 6.29. The van der Waals surface area contributed by atoms with Crippen molar-refractivity contribution in [2.45, 2.75) is 45.8 Å². The highest BCUT2D eigenvalue weighted by molar-refractivity contribution is 14.1. The molecule has 0 aliphatic heterocycles. The van der Waals surface area contributed by atoms with E-state index < -0.39 is 8.32 Å². The number of halogens is 1. The number of rotatable bonds is 2. The molecule has 0 heterocycles. The molecule has 0 N–H and O–H groups in total. The monoisotopic (exact) mass is 348 g/mol. The van der Waals surface area contributed by atoms with E-state index in [-0.39, 0.29) is 5.04 Å². The zero-order valence-corrected chi connectivity index (χ0v) is 14.2. The predicted octanol–water partition coefficient (Wildman–Crippen LogP) is 4.98. The second kappa shape index (κ2) is 4.68. The van der Waals surface area contributed by atoms with Crippen molar-refractivity contribution < 1.29 is 4.43 Å². The molecule has 0 bridgehead atoms. The molecule has 1 nitrogen and oxygen atoms in total. The lowest BCUT2D eigenvalue weighted by Crippen LogP contribution is -2.44. The first-order chi connectivity index (χ1) is 7.13. The highest BCUT2D eigenvalue weighted by Gasteiger charge is 2.39. The summed E-state index contributed by atoms with van der Waals surface area (Å²) in [5, 5.41) is 0.252. The normalized spacial score (nSPS) is 12.7. The van der Waals surface area contributed by atoms with Crippen LogP contribution in [0.2, 0.25) is 18.1 Å². The molecule has 1 rings (SSSR count). The molecular formula is C13H21IOSi. The van der Waals surface area contributed by atoms with Crippen LogP contribution in [-0.4, -0.2) is 8.32 Å². The quantitative estimate of drug-likeness (QED) is 0.541. The van der Waals surface area contributed by atoms with E-state index in [1.54, 1.807) is 0 Å². The fourth-order valence-corrected chi connectivity index (χ4v) is 2.89. The highest BCUT2D eigenvalue weighted by atomic mass is 127. The van der Waals surface area contributed by atoms with Crippen molar-refractivity contribution in [1.29, 1.82) is 0 Å². The fraction of sp³-hybridized carbons (Fsp3) is 0.538. The van der Waals surface area contributed by atoms with Crippen molar-refractivity contribution in [3.8, 4) is 5.75 Å². The summed E-state index contributed by atoms with van der Waals surface area (Å²) >= 11 is 2.33. The third-order valence-electron chi connectivity index (χ3n) is 3.31. The molecule has 0 fully saturated rings. The van der Waals surface area contributed by atoms with Gasteiger partial charge in [-0.2, -0.15) is 0 Å². The van der Waals surface area contributed by atoms with Gasteiger partial charge in [0.05, 0.1) is 0 Å². The SMILES string of the molecule is Cc1cc(I)ccc1O[Si](C)(C)C(C)(C)C. The minimum Gasteiger partial charge on any atom is -0.543 e. The maximum Gasteiger partial charge on any atom is 0.250 e. The Morgan fingerprint density at radius 1 is 1.19 bits per heavy atom. The van der Waals surface area contributed by atoms with Crippen LogP contribution in [-0.2, 0) is 0 Å². The van der Waals surface area contributed by atoms with Gasteiger partial charge < -0.3 is 4.43 Å². The second-order valence-corrected chi connectivity index (χ2v) is 11.7. The van der Waals surface area contributed by atoms with E-state index in [2.05, 4.69) is 81.6 Å². The summed E-state index contributed by atoms with van der Waals surface area (Å²) in [7, 11) is -1.70. The molecule has 0 amide bonds. The second-order valence-electron chi connectivity index (χ2n) is 5.77. The molecule has 3 heteroatoms. The third-order valence-corrected chi connectivity index (χ3v) is 8.32. The molecular weight excluding hydrogens is 327 g/mol. The van der Waals surface area contributed by atoms with Crippen molar-refractivity contribution in [1.82, 2.24) is 0 Å². The van der Waals surface area contributed by atoms with Gasteiger partial charge >= 0.3 is 0 Å². The van der Waals surface area contributed by atoms with E-state index in [1.165, 1.54) is 9.13 Å². The van der Waals surface area contributed by atoms with Crippen molar-refractivity contribution in [3.05, 3.63) is 27.3 Å². The van der Waals surface area contributed by atoms with E-state index in [9.17, 15) is 0 Å². The Balaban J connectivity index is 2.97. The van der Waals surface area contributed by atoms with Gasteiger partial charge in [-0.25, -0.2) is 0 Å². The minimum atomic E-state index is -1.70. The van der Waals surface area contributed by atoms with Crippen LogP contribution in [0.4, 0.5) is 0 Å². The Labute approximate surface area is 114 Å². The molecule has 0 saturated carbocycles. The fourth-order valence-electron chi connectivity index (χ4n) is 1.16. The van der Waals surface area contributed by atoms with Gasteiger partial charge in [-0.15, -0.1) is 0 Å². The third kappa shape index (κ3) is 3.23. The first-order valence-electron chi connectivity index (χ1n) is 5.59. The van der Waals surface area contributed by atoms with E-state index in [4.69, 9.17) is 4.43 Å². The Morgan fingerprint density at radius 3 is 2.19 bits per heavy atom. The molecule has 0 aromatic heterocycles. The summed E-state index contributed by atoms with van der Waals surface area (Å²) in [5.41, 5.74) is 1.23. The summed E-state index contributed by atoms with van der Waals surface area (Å²) in [6.45, 7) is 13.5. The first kappa shape index (κ1) is 14.0. The summed E-state index contributed by atoms with van der Waals surface area (Å²) in [6.07, 6.45) is 0. The van der Waals surface area contributed by atoms with Crippen molar-refractivity contribution >= 4 is 30.9 Å². The van der Waals surface area contributed by atoms with Crippen LogP contribution in [0.3, 0.4) is 0 Å². The van der Waals surface area contributed by atoms with E-state index in [0.29, 0.717) is 0 Å². The smallest absolute Gasteiger partial charge is 0.250 e. The van der Waals surface area contributed by atoms with E-state index >= 15 is 0 Å². The summed E-state index contributed by atoms with van der Waals surface area (Å²) in [4.78, 5) is 0. The van der Waals surface area contributed by atoms with E-state index in [0.717, 1.165) is 5.75 Å². The van der Waals surface area contributed by atoms with Gasteiger partial charge in [-0.3, -0.25) is 0 Å². The largest absolute Gasteiger partial charge is 0.543 e. The molecule has 1 aromatic carbocycles. The molecule has 16 heavy (non-hydrogen) atoms. The van der Waals surface area contributed by atoms with Crippen molar-refractivity contribution in [2.75, 3.05) is 0 Å². The highest BCUT2D eigenvalue weighted by Crippen LogP contribution is 2.38. The Kier molecular flexibility index (Phi) is 4.11. The molecule has 0 spiro atoms. The molecule has 1 aromatic rings. The average molecular weight is 348 g/mol. The maximum absolute atomic E-state index is 6.29. The van der Waals surface area contributed by atoms with Gasteiger partial charge in [0, 0.05) is 3.57 Å². The Morgan fingerprint density at radius 2 is 1.75 bits per heavy atom. The van der Waals surface area contributed by atoms with Crippen molar-refractivity contribution in [3.63, 3.8) is 0 Å². The zero-order chi connectivity index (χ0) is 12.6. The summed E-state index contributed by atoms with van der Waals surface area (Å²) in [5.74, 6) is 1.05. The average Bonchev–Trinajstić information content (AvgIpc) is 2.08. The molecule has 0 radical (unpaired) electrons. The van der Waals surface area contributed by atoms with Gasteiger partial charge in [0.25, 0.3) is 0 Å². The van der Waals surface area contributed by atoms with Crippen molar-refractivity contribution in [2.24, 2.45) is 0 Å². The Bertz CT molecular complexity index is 380. The summed E-state index contributed by atoms with van der Waals surface area (Å²) in [6, 6.07) is 6.37. The lowest BCUT2D eigenvalue weighted by Gasteiger charge is -2.36. The van der Waals surface area contributed by atoms with Crippen LogP contribution in [0.15, 0.2) is 18.2 Å². The van der Waals surface area contributed by atoms with E-state index in [1.807, 2.05) is 0 Å². The standard InChI is InChI=1S/C13H21IOSi/c1-10-9-11(14)7-8-12(10)15-16(5,6)13(2,3)4/h7-9H,1-6H3. The lowest BCUT2D eigenvalue weighted by molar-refractivity contribution is 0.489. The lowest BCUT2D eigenvalue weighted by atomic mass is 10.2. The number of hydrogen-bond acceptors (Lipinski definition) is 1. The zero-order valence-electron chi connectivity index (χ0n) is 11.0. The Hall–Kier alpha value is -0.0331. The first-order valence-corrected chi connectivity index (χ1v) is 9.57. The number of hydrogen-bond donors (Lipinski definition) is 0. The van der Waals surface area contributed by atoms with Crippen LogP contribution >= 0.6 is 22.6 Å². The van der Waals surface area contributed by atoms with Gasteiger partial charge in [-0.1, -0.05) is 20.8 Å². The van der Waals surface area contributed by atoms with Gasteiger partial charge in [0.2, 0.25) is 8.32 Å². The molecule has 0 aliphatic carbocycles.